The van der Waals surface area contributed by atoms with Gasteiger partial charge in [0.25, 0.3) is 0 Å². The lowest BCUT2D eigenvalue weighted by Gasteiger charge is -2.48. The lowest BCUT2D eigenvalue weighted by atomic mass is 9.78. The minimum Gasteiger partial charge on any atom is -0.493 e. The molecule has 4 aliphatic heterocycles. The normalized spacial score (nSPS) is 26.4. The molecule has 0 aliphatic carbocycles. The van der Waals surface area contributed by atoms with E-state index in [0.717, 1.165) is 33.2 Å². The van der Waals surface area contributed by atoms with Crippen molar-refractivity contribution in [3.05, 3.63) is 101 Å². The number of esters is 1. The number of aliphatic carboxylic acids is 1. The Morgan fingerprint density at radius 3 is 2.58 bits per heavy atom. The van der Waals surface area contributed by atoms with Crippen molar-refractivity contribution in [3.63, 3.8) is 0 Å². The van der Waals surface area contributed by atoms with Crippen LogP contribution in [0.3, 0.4) is 0 Å². The van der Waals surface area contributed by atoms with Crippen molar-refractivity contribution in [3.8, 4) is 28.7 Å². The van der Waals surface area contributed by atoms with Gasteiger partial charge in [-0.2, -0.15) is 0 Å². The molecule has 0 radical (unpaired) electrons. The van der Waals surface area contributed by atoms with Gasteiger partial charge in [-0.25, -0.2) is 0 Å². The second-order valence-electron chi connectivity index (χ2n) is 16.1. The molecule has 9 rings (SSSR count). The number of nitrogens with two attached hydrogens (primary N) is 2. The molecule has 0 bridgehead atoms. The van der Waals surface area contributed by atoms with Gasteiger partial charge in [-0.05, 0) is 36.1 Å². The zero-order valence-corrected chi connectivity index (χ0v) is 33.6. The van der Waals surface area contributed by atoms with Crippen LogP contribution >= 0.6 is 0 Å². The molecule has 1 saturated heterocycles. The van der Waals surface area contributed by atoms with Crippen LogP contribution in [0.15, 0.2) is 73.2 Å². The molecule has 4 aliphatic rings. The average Bonchev–Trinajstić information content (AvgIpc) is 3.94. The molecule has 1 fully saturated rings. The molecule has 0 unspecified atom stereocenters. The van der Waals surface area contributed by atoms with Gasteiger partial charge in [0.15, 0.2) is 23.2 Å². The number of nitrogens with zero attached hydrogens (tertiary/aromatic N) is 1. The summed E-state index contributed by atoms with van der Waals surface area (Å²) in [5.41, 5.74) is 14.6. The summed E-state index contributed by atoms with van der Waals surface area (Å²) in [4.78, 5) is 27.0. The fourth-order valence-corrected chi connectivity index (χ4v) is 9.37. The molecule has 10 N–H and O–H groups in total. The summed E-state index contributed by atoms with van der Waals surface area (Å²) in [5, 5.41) is 55.2. The maximum atomic E-state index is 12.5. The Kier molecular flexibility index (Phi) is 11.0. The molecule has 5 aromatic rings. The Morgan fingerprint density at radius 2 is 1.85 bits per heavy atom. The fraction of sp³-hybridized carbons (Fsp3) is 0.409. The van der Waals surface area contributed by atoms with E-state index in [0.29, 0.717) is 35.0 Å². The van der Waals surface area contributed by atoms with Gasteiger partial charge in [0.1, 0.15) is 55.0 Å². The van der Waals surface area contributed by atoms with Gasteiger partial charge >= 0.3 is 11.9 Å². The topological polar surface area (TPSA) is 273 Å². The molecular weight excluding hydrogens is 808 g/mol. The summed E-state index contributed by atoms with van der Waals surface area (Å²) in [6.45, 7) is 0.0489. The number of carboxylic acids is 1. The van der Waals surface area contributed by atoms with Gasteiger partial charge < -0.3 is 79.7 Å². The highest BCUT2D eigenvalue weighted by Crippen LogP contribution is 2.60. The predicted octanol–water partition coefficient (Wildman–Crippen LogP) is 1.75. The number of nitrogens with one attached hydrogen (secondary N) is 1. The van der Waals surface area contributed by atoms with E-state index < -0.39 is 73.0 Å². The van der Waals surface area contributed by atoms with Crippen LogP contribution in [0.5, 0.6) is 28.7 Å². The van der Waals surface area contributed by atoms with Crippen LogP contribution in [0.1, 0.15) is 52.7 Å². The first-order valence-electron chi connectivity index (χ1n) is 20.3. The fourth-order valence-electron chi connectivity index (χ4n) is 9.37. The van der Waals surface area contributed by atoms with Crippen LogP contribution in [0, 0.1) is 0 Å². The molecule has 0 amide bonds. The third-order valence-corrected chi connectivity index (χ3v) is 12.2. The second-order valence-corrected chi connectivity index (χ2v) is 16.1. The molecule has 9 atom stereocenters. The van der Waals surface area contributed by atoms with E-state index in [4.69, 9.17) is 49.7 Å². The molecule has 3 aromatic carbocycles. The highest BCUT2D eigenvalue weighted by atomic mass is 16.7. The third-order valence-electron chi connectivity index (χ3n) is 12.2. The first-order chi connectivity index (χ1) is 29.9. The number of hydrogen-bond donors (Lipinski definition) is 8. The number of benzene rings is 3. The van der Waals surface area contributed by atoms with Crippen LogP contribution in [0.2, 0.25) is 0 Å². The van der Waals surface area contributed by atoms with Crippen molar-refractivity contribution in [2.24, 2.45) is 11.5 Å². The Bertz CT molecular complexity index is 2440. The number of carbonyl (C=O) groups is 2. The van der Waals surface area contributed by atoms with Crippen molar-refractivity contribution in [1.82, 2.24) is 9.55 Å². The van der Waals surface area contributed by atoms with E-state index in [-0.39, 0.29) is 44.3 Å². The van der Waals surface area contributed by atoms with E-state index in [1.165, 1.54) is 7.11 Å². The number of methoxy groups -OCH3 is 1. The quantitative estimate of drug-likeness (QED) is 0.0476. The molecule has 328 valence electrons. The minimum atomic E-state index is -2.22. The smallest absolute Gasteiger partial charge is 0.317 e. The summed E-state index contributed by atoms with van der Waals surface area (Å²) in [6.07, 6.45) is -6.22. The zero-order valence-electron chi connectivity index (χ0n) is 33.6. The standard InChI is InChI=1S/C44H48N4O14/c1-56-27-8-7-24-33-29(15-21-5-3-2-4-6-21)58-30-16-28-23(9-11-44(55)41(54)35(53)39(62-43(44)59-28)40(42(45)46)60-32(52)17-31(50)51)25(19-48-18-22-10-12-47-26(22)20-48)34(30)38(33)61-36(24)37(27)57-14-13-49/h2-8,10,12,16,18,20,29,33,35,38-43,47,49,53-55H,9,11,13-15,17,19,45-46H2,1H3,(H,50,51)/t29-,33+,35+,38+,39-,40-,41-,43+,44+/m0/s1. The van der Waals surface area contributed by atoms with Crippen LogP contribution in [0.25, 0.3) is 10.9 Å². The summed E-state index contributed by atoms with van der Waals surface area (Å²) < 4.78 is 45.8. The number of carboxylic acid groups (broad SMARTS) is 1. The molecular formula is C44H48N4O14. The van der Waals surface area contributed by atoms with Crippen LogP contribution in [0.4, 0.5) is 0 Å². The number of hydrogen-bond acceptors (Lipinski definition) is 15. The largest absolute Gasteiger partial charge is 0.493 e. The lowest BCUT2D eigenvalue weighted by Crippen LogP contribution is -2.71. The van der Waals surface area contributed by atoms with Crippen molar-refractivity contribution >= 4 is 22.8 Å². The van der Waals surface area contributed by atoms with Crippen molar-refractivity contribution < 1.29 is 68.3 Å². The number of aromatic nitrogens is 2. The van der Waals surface area contributed by atoms with Gasteiger partial charge in [-0.3, -0.25) is 9.59 Å². The maximum Gasteiger partial charge on any atom is 0.317 e. The molecule has 2 aromatic heterocycles. The number of rotatable bonds is 13. The summed E-state index contributed by atoms with van der Waals surface area (Å²) in [7, 11) is 1.53. The zero-order chi connectivity index (χ0) is 43.4. The molecule has 0 saturated carbocycles. The van der Waals surface area contributed by atoms with E-state index >= 15 is 0 Å². The van der Waals surface area contributed by atoms with Gasteiger partial charge in [0.2, 0.25) is 12.0 Å². The average molecular weight is 857 g/mol. The predicted molar refractivity (Wildman–Crippen MR) is 217 cm³/mol. The lowest BCUT2D eigenvalue weighted by molar-refractivity contribution is -0.329. The maximum absolute atomic E-state index is 12.5. The number of aliphatic hydroxyl groups is 4. The number of carbonyl (C=O) groups excluding carboxylic acids is 1. The Balaban J connectivity index is 1.17. The summed E-state index contributed by atoms with van der Waals surface area (Å²) >= 11 is 0. The Labute approximate surface area is 354 Å². The van der Waals surface area contributed by atoms with Gasteiger partial charge in [0.05, 0.1) is 31.3 Å². The Hall–Kier alpha value is -5.86. The summed E-state index contributed by atoms with van der Waals surface area (Å²) in [6, 6.07) is 17.3. The highest BCUT2D eigenvalue weighted by molar-refractivity contribution is 5.90. The number of fused-ring (bicyclic) bond motifs is 8. The van der Waals surface area contributed by atoms with Gasteiger partial charge in [0, 0.05) is 59.7 Å². The monoisotopic (exact) mass is 856 g/mol. The molecule has 18 nitrogen and oxygen atoms in total. The van der Waals surface area contributed by atoms with Gasteiger partial charge in [-0.1, -0.05) is 36.4 Å². The van der Waals surface area contributed by atoms with E-state index in [1.54, 1.807) is 6.07 Å². The van der Waals surface area contributed by atoms with E-state index in [2.05, 4.69) is 4.98 Å². The molecule has 0 spiro atoms. The van der Waals surface area contributed by atoms with E-state index in [1.807, 2.05) is 71.7 Å². The molecule has 6 heterocycles. The van der Waals surface area contributed by atoms with Crippen molar-refractivity contribution in [2.75, 3.05) is 20.3 Å². The van der Waals surface area contributed by atoms with Crippen LogP contribution < -0.4 is 35.2 Å². The molecule has 18 heteroatoms. The van der Waals surface area contributed by atoms with E-state index in [9.17, 15) is 30.0 Å². The molecule has 62 heavy (non-hydrogen) atoms. The van der Waals surface area contributed by atoms with Crippen molar-refractivity contribution in [2.45, 2.75) is 92.8 Å². The first-order valence-corrected chi connectivity index (χ1v) is 20.3. The second kappa shape index (κ2) is 16.4. The minimum absolute atomic E-state index is 0.000798. The third kappa shape index (κ3) is 7.26. The van der Waals surface area contributed by atoms with Crippen LogP contribution in [-0.2, 0) is 38.4 Å². The van der Waals surface area contributed by atoms with Crippen LogP contribution in [-0.4, -0.2) is 116 Å². The first kappa shape index (κ1) is 41.5. The van der Waals surface area contributed by atoms with Crippen molar-refractivity contribution in [1.29, 1.82) is 0 Å². The van der Waals surface area contributed by atoms with Gasteiger partial charge in [-0.15, -0.1) is 0 Å². The number of aliphatic hydroxyl groups excluding tert-OH is 3. The number of aromatic amines is 1. The summed E-state index contributed by atoms with van der Waals surface area (Å²) in [5.74, 6) is -1.13. The Morgan fingerprint density at radius 1 is 1.05 bits per heavy atom. The number of H-pyrrole nitrogens is 1. The SMILES string of the molecule is COc1ccc2c(c1OCCO)O[C@H]1c3c(cc4c(c3Cn3cc5cc[nH]c5c3)CC[C@]3(O)[C@H](O4)O[C@H]([C@H](OC(=O)CC(=O)O)C(N)N)[C@@H](O)[C@@H]3O)O[C@@H](Cc3ccccc3)[C@@H]21. The highest BCUT2D eigenvalue weighted by Gasteiger charge is 2.60. The number of ether oxygens (including phenoxy) is 7.